The third-order valence-corrected chi connectivity index (χ3v) is 6.45. The van der Waals surface area contributed by atoms with Crippen molar-refractivity contribution in [1.82, 2.24) is 9.80 Å². The number of ether oxygens (including phenoxy) is 2. The molecule has 1 unspecified atom stereocenters. The Hall–Kier alpha value is -2.72. The number of carbonyl (C=O) groups excluding carboxylic acids is 2. The molecule has 35 heavy (non-hydrogen) atoms. The lowest BCUT2D eigenvalue weighted by atomic mass is 9.95. The molecule has 10 heteroatoms. The highest BCUT2D eigenvalue weighted by Gasteiger charge is 2.35. The molecule has 2 N–H and O–H groups in total. The van der Waals surface area contributed by atoms with Crippen molar-refractivity contribution in [2.45, 2.75) is 19.1 Å². The zero-order chi connectivity index (χ0) is 24.9. The average molecular weight is 506 g/mol. The Morgan fingerprint density at radius 3 is 2.77 bits per heavy atom. The fraction of sp³-hybridized carbons (Fsp3) is 0.440. The van der Waals surface area contributed by atoms with Gasteiger partial charge in [-0.25, -0.2) is 4.39 Å². The van der Waals surface area contributed by atoms with Crippen LogP contribution in [0.25, 0.3) is 0 Å². The zero-order valence-electron chi connectivity index (χ0n) is 19.6. The van der Waals surface area contributed by atoms with Gasteiger partial charge in [-0.15, -0.1) is 0 Å². The van der Waals surface area contributed by atoms with E-state index in [-0.39, 0.29) is 36.3 Å². The highest BCUT2D eigenvalue weighted by atomic mass is 35.5. The maximum atomic E-state index is 13.5. The zero-order valence-corrected chi connectivity index (χ0v) is 20.3. The number of Topliss-reactive ketones (excluding diaryl/α,β-unsaturated/α-hetero) is 1. The number of aliphatic hydroxyl groups excluding tert-OH is 1. The maximum Gasteiger partial charge on any atom is 0.253 e. The molecule has 2 aromatic carbocycles. The van der Waals surface area contributed by atoms with Gasteiger partial charge in [0.05, 0.1) is 24.8 Å². The van der Waals surface area contributed by atoms with E-state index in [0.717, 1.165) is 5.56 Å². The largest absolute Gasteiger partial charge is 0.467 e. The van der Waals surface area contributed by atoms with E-state index in [9.17, 15) is 19.1 Å². The average Bonchev–Trinajstić information content (AvgIpc) is 2.85. The van der Waals surface area contributed by atoms with Gasteiger partial charge in [-0.05, 0) is 42.3 Å². The van der Waals surface area contributed by atoms with Crippen molar-refractivity contribution in [3.63, 3.8) is 0 Å². The fourth-order valence-electron chi connectivity index (χ4n) is 4.31. The first-order valence-electron chi connectivity index (χ1n) is 11.6. The lowest BCUT2D eigenvalue weighted by Crippen LogP contribution is -2.52. The monoisotopic (exact) mass is 505 g/mol. The highest BCUT2D eigenvalue weighted by Crippen LogP contribution is 2.34. The summed E-state index contributed by atoms with van der Waals surface area (Å²) in [6.45, 7) is 2.83. The summed E-state index contributed by atoms with van der Waals surface area (Å²) in [5.41, 5.74) is 2.56. The van der Waals surface area contributed by atoms with Crippen LogP contribution in [-0.4, -0.2) is 85.9 Å². The van der Waals surface area contributed by atoms with Gasteiger partial charge in [-0.3, -0.25) is 14.5 Å². The molecule has 2 heterocycles. The molecule has 1 saturated heterocycles. The van der Waals surface area contributed by atoms with E-state index in [2.05, 4.69) is 5.32 Å². The van der Waals surface area contributed by atoms with Gasteiger partial charge in [0, 0.05) is 56.5 Å². The minimum absolute atomic E-state index is 0.0297. The quantitative estimate of drug-likeness (QED) is 0.569. The molecule has 2 aromatic rings. The Morgan fingerprint density at radius 2 is 2.06 bits per heavy atom. The van der Waals surface area contributed by atoms with Crippen LogP contribution in [0.5, 0.6) is 5.75 Å². The Labute approximate surface area is 208 Å². The first-order valence-corrected chi connectivity index (χ1v) is 12.0. The van der Waals surface area contributed by atoms with Gasteiger partial charge < -0.3 is 24.8 Å². The molecule has 0 radical (unpaired) electrons. The second kappa shape index (κ2) is 11.3. The SMILES string of the molecule is CN(CCO)C(=O)c1cc(CCNc2ccc(F)c(Cl)c2)c2c(c1)CC(=O)C(N1CCOCC1)O2. The van der Waals surface area contributed by atoms with Crippen LogP contribution < -0.4 is 10.1 Å². The molecule has 188 valence electrons. The summed E-state index contributed by atoms with van der Waals surface area (Å²) in [4.78, 5) is 29.3. The minimum Gasteiger partial charge on any atom is -0.467 e. The van der Waals surface area contributed by atoms with Crippen molar-refractivity contribution in [2.75, 3.05) is 58.4 Å². The Balaban J connectivity index is 1.59. The van der Waals surface area contributed by atoms with Gasteiger partial charge in [0.25, 0.3) is 5.91 Å². The molecule has 2 aliphatic heterocycles. The summed E-state index contributed by atoms with van der Waals surface area (Å²) in [5.74, 6) is -0.181. The van der Waals surface area contributed by atoms with Crippen LogP contribution in [-0.2, 0) is 22.4 Å². The Kier molecular flexibility index (Phi) is 8.22. The summed E-state index contributed by atoms with van der Waals surface area (Å²) < 4.78 is 25.1. The van der Waals surface area contributed by atoms with Crippen LogP contribution >= 0.6 is 11.6 Å². The van der Waals surface area contributed by atoms with Crippen molar-refractivity contribution >= 4 is 29.0 Å². The van der Waals surface area contributed by atoms with Crippen LogP contribution in [0, 0.1) is 5.82 Å². The normalized spacial score (nSPS) is 18.1. The van der Waals surface area contributed by atoms with Crippen LogP contribution in [0.2, 0.25) is 5.02 Å². The van der Waals surface area contributed by atoms with Crippen molar-refractivity contribution in [3.05, 3.63) is 57.9 Å². The molecule has 1 amide bonds. The number of carbonyl (C=O) groups is 2. The van der Waals surface area contributed by atoms with Crippen LogP contribution in [0.15, 0.2) is 30.3 Å². The first kappa shape index (κ1) is 25.4. The lowest BCUT2D eigenvalue weighted by molar-refractivity contribution is -0.139. The van der Waals surface area contributed by atoms with Gasteiger partial charge in [0.1, 0.15) is 11.6 Å². The summed E-state index contributed by atoms with van der Waals surface area (Å²) in [5, 5.41) is 12.5. The van der Waals surface area contributed by atoms with E-state index in [4.69, 9.17) is 21.1 Å². The number of likely N-dealkylation sites (N-methyl/N-ethyl adjacent to an activating group) is 1. The minimum atomic E-state index is -0.687. The molecule has 0 saturated carbocycles. The Bertz CT molecular complexity index is 1090. The topological polar surface area (TPSA) is 91.3 Å². The molecule has 1 atom stereocenters. The second-order valence-electron chi connectivity index (χ2n) is 8.64. The number of amides is 1. The smallest absolute Gasteiger partial charge is 0.253 e. The summed E-state index contributed by atoms with van der Waals surface area (Å²) in [6.07, 6.45) is -0.0322. The van der Waals surface area contributed by atoms with Crippen molar-refractivity contribution in [2.24, 2.45) is 0 Å². The van der Waals surface area contributed by atoms with Gasteiger partial charge in [0.15, 0.2) is 5.78 Å². The number of benzene rings is 2. The van der Waals surface area contributed by atoms with Crippen molar-refractivity contribution in [1.29, 1.82) is 0 Å². The third kappa shape index (κ3) is 5.92. The number of rotatable bonds is 8. The third-order valence-electron chi connectivity index (χ3n) is 6.16. The summed E-state index contributed by atoms with van der Waals surface area (Å²) >= 11 is 5.88. The van der Waals surface area contributed by atoms with Crippen molar-refractivity contribution in [3.8, 4) is 5.75 Å². The maximum absolute atomic E-state index is 13.5. The number of ketones is 1. The molecule has 4 rings (SSSR count). The number of halogens is 2. The number of fused-ring (bicyclic) bond motifs is 1. The number of anilines is 1. The van der Waals surface area contributed by atoms with Gasteiger partial charge >= 0.3 is 0 Å². The van der Waals surface area contributed by atoms with E-state index in [1.165, 1.54) is 17.0 Å². The molecule has 0 spiro atoms. The van der Waals surface area contributed by atoms with Crippen molar-refractivity contribution < 1.29 is 28.6 Å². The van der Waals surface area contributed by atoms with Crippen LogP contribution in [0.1, 0.15) is 21.5 Å². The first-order chi connectivity index (χ1) is 16.9. The number of hydrogen-bond acceptors (Lipinski definition) is 7. The van der Waals surface area contributed by atoms with Crippen LogP contribution in [0.3, 0.4) is 0 Å². The molecular weight excluding hydrogens is 477 g/mol. The molecule has 0 aromatic heterocycles. The molecular formula is C25H29ClFN3O5. The number of aliphatic hydroxyl groups is 1. The van der Waals surface area contributed by atoms with Gasteiger partial charge in [-0.1, -0.05) is 11.6 Å². The van der Waals surface area contributed by atoms with E-state index < -0.39 is 12.0 Å². The number of morpholine rings is 1. The van der Waals surface area contributed by atoms with E-state index >= 15 is 0 Å². The number of nitrogens with zero attached hydrogens (tertiary/aromatic N) is 2. The predicted octanol–water partition coefficient (Wildman–Crippen LogP) is 2.36. The van der Waals surface area contributed by atoms with E-state index in [1.54, 1.807) is 25.2 Å². The number of nitrogens with one attached hydrogen (secondary N) is 1. The summed E-state index contributed by atoms with van der Waals surface area (Å²) in [7, 11) is 1.62. The molecule has 8 nitrogen and oxygen atoms in total. The summed E-state index contributed by atoms with van der Waals surface area (Å²) in [6, 6.07) is 7.89. The lowest BCUT2D eigenvalue weighted by Gasteiger charge is -2.37. The molecule has 0 bridgehead atoms. The van der Waals surface area contributed by atoms with E-state index in [1.807, 2.05) is 4.90 Å². The second-order valence-corrected chi connectivity index (χ2v) is 9.05. The van der Waals surface area contributed by atoms with Crippen LogP contribution in [0.4, 0.5) is 10.1 Å². The predicted molar refractivity (Wildman–Crippen MR) is 130 cm³/mol. The molecule has 2 aliphatic rings. The highest BCUT2D eigenvalue weighted by molar-refractivity contribution is 6.31. The Morgan fingerprint density at radius 1 is 1.29 bits per heavy atom. The van der Waals surface area contributed by atoms with Gasteiger partial charge in [-0.2, -0.15) is 0 Å². The standard InChI is InChI=1S/C25H29ClFN3O5/c1-29(6-9-31)24(33)18-12-16(4-5-28-19-2-3-21(27)20(26)15-19)23-17(13-18)14-22(32)25(35-23)30-7-10-34-11-8-30/h2-3,12-13,15,25,28,31H,4-11,14H2,1H3. The molecule has 0 aliphatic carbocycles. The van der Waals surface area contributed by atoms with Gasteiger partial charge in [0.2, 0.25) is 6.23 Å². The molecule has 1 fully saturated rings. The van der Waals surface area contributed by atoms with E-state index in [0.29, 0.717) is 61.8 Å². The fourth-order valence-corrected chi connectivity index (χ4v) is 4.49. The number of hydrogen-bond donors (Lipinski definition) is 2.